The van der Waals surface area contributed by atoms with Crippen molar-refractivity contribution >= 4 is 5.97 Å². The fraction of sp³-hybridized carbons (Fsp3) is 0.960. The van der Waals surface area contributed by atoms with Crippen molar-refractivity contribution in [2.45, 2.75) is 115 Å². The van der Waals surface area contributed by atoms with Crippen molar-refractivity contribution in [2.24, 2.45) is 0 Å². The molecule has 1 rings (SSSR count). The highest BCUT2D eigenvalue weighted by molar-refractivity contribution is 5.74. The van der Waals surface area contributed by atoms with Crippen LogP contribution in [0.3, 0.4) is 0 Å². The molecule has 1 fully saturated rings. The molecule has 6 atom stereocenters. The number of alkyl halides is 2. The van der Waals surface area contributed by atoms with Crippen LogP contribution in [0.2, 0.25) is 0 Å². The van der Waals surface area contributed by atoms with Crippen molar-refractivity contribution in [1.82, 2.24) is 0 Å². The third-order valence-corrected chi connectivity index (χ3v) is 6.14. The van der Waals surface area contributed by atoms with Gasteiger partial charge in [0.25, 0.3) is 5.92 Å². The summed E-state index contributed by atoms with van der Waals surface area (Å²) in [7, 11) is 1.25. The minimum atomic E-state index is -3.83. The Labute approximate surface area is 218 Å². The standard InChI is InChI=1S/C25H45F2NO9/c1-6-10-13-33-17-19-20(35-14-11-7-2)21(36-15-12-8-3)22(32-5)23(37-19)25(26,27)16-18(28(30)31)24(29)34-9-4/h18-23H,6-17H2,1-5H3/t18?,19-,20+,21+,22-,23?/m1/s1. The first-order valence-electron chi connectivity index (χ1n) is 13.3. The van der Waals surface area contributed by atoms with Crippen LogP contribution in [0.15, 0.2) is 0 Å². The van der Waals surface area contributed by atoms with Crippen LogP contribution in [0.5, 0.6) is 0 Å². The molecular weight excluding hydrogens is 496 g/mol. The fourth-order valence-electron chi connectivity index (χ4n) is 4.07. The number of rotatable bonds is 20. The van der Waals surface area contributed by atoms with Crippen LogP contribution in [0.25, 0.3) is 0 Å². The molecule has 1 aliphatic rings. The zero-order valence-corrected chi connectivity index (χ0v) is 22.8. The summed E-state index contributed by atoms with van der Waals surface area (Å²) in [5.41, 5.74) is 0. The van der Waals surface area contributed by atoms with Crippen molar-refractivity contribution in [3.63, 3.8) is 0 Å². The van der Waals surface area contributed by atoms with Crippen molar-refractivity contribution < 1.29 is 46.9 Å². The summed E-state index contributed by atoms with van der Waals surface area (Å²) < 4.78 is 65.3. The molecule has 37 heavy (non-hydrogen) atoms. The number of carbonyl (C=O) groups excluding carboxylic acids is 1. The Morgan fingerprint density at radius 3 is 2.05 bits per heavy atom. The zero-order valence-electron chi connectivity index (χ0n) is 22.8. The van der Waals surface area contributed by atoms with E-state index >= 15 is 8.78 Å². The van der Waals surface area contributed by atoms with E-state index in [4.69, 9.17) is 23.7 Å². The van der Waals surface area contributed by atoms with E-state index in [1.54, 1.807) is 0 Å². The predicted molar refractivity (Wildman–Crippen MR) is 131 cm³/mol. The summed E-state index contributed by atoms with van der Waals surface area (Å²) in [4.78, 5) is 22.5. The van der Waals surface area contributed by atoms with Crippen LogP contribution in [0, 0.1) is 10.1 Å². The van der Waals surface area contributed by atoms with E-state index in [0.717, 1.165) is 32.1 Å². The number of halogens is 2. The first kappa shape index (κ1) is 33.6. The van der Waals surface area contributed by atoms with Crippen LogP contribution < -0.4 is 0 Å². The van der Waals surface area contributed by atoms with Gasteiger partial charge in [-0.05, 0) is 26.2 Å². The van der Waals surface area contributed by atoms with Gasteiger partial charge in [-0.1, -0.05) is 40.0 Å². The fourth-order valence-corrected chi connectivity index (χ4v) is 4.07. The molecule has 2 unspecified atom stereocenters. The number of methoxy groups -OCH3 is 1. The molecule has 0 radical (unpaired) electrons. The number of ether oxygens (including phenoxy) is 6. The monoisotopic (exact) mass is 541 g/mol. The predicted octanol–water partition coefficient (Wildman–Crippen LogP) is 4.19. The maximum atomic E-state index is 15.7. The molecule has 218 valence electrons. The second-order valence-corrected chi connectivity index (χ2v) is 9.12. The molecular formula is C25H45F2NO9. The number of carbonyl (C=O) groups is 1. The highest BCUT2D eigenvalue weighted by atomic mass is 19.3. The lowest BCUT2D eigenvalue weighted by molar-refractivity contribution is -0.517. The SMILES string of the molecule is CCCCOC[C@H]1OC(C(F)(F)CC(C(=O)OCC)[N+](=O)[O-])[C@H](OC)[C@@H](OCCCC)[C@H]1OCCCC. The van der Waals surface area contributed by atoms with Gasteiger partial charge in [-0.25, -0.2) is 13.6 Å². The lowest BCUT2D eigenvalue weighted by Gasteiger charge is -2.47. The van der Waals surface area contributed by atoms with Gasteiger partial charge in [0, 0.05) is 31.9 Å². The number of unbranched alkanes of at least 4 members (excludes halogenated alkanes) is 3. The molecule has 0 bridgehead atoms. The van der Waals surface area contributed by atoms with Gasteiger partial charge in [-0.3, -0.25) is 10.1 Å². The van der Waals surface area contributed by atoms with E-state index in [0.29, 0.717) is 19.6 Å². The Kier molecular flexibility index (Phi) is 16.3. The van der Waals surface area contributed by atoms with Gasteiger partial charge >= 0.3 is 12.0 Å². The molecule has 1 aliphatic heterocycles. The second-order valence-electron chi connectivity index (χ2n) is 9.12. The van der Waals surface area contributed by atoms with E-state index in [1.807, 2.05) is 20.8 Å². The van der Waals surface area contributed by atoms with Crippen molar-refractivity contribution in [2.75, 3.05) is 40.1 Å². The second kappa shape index (κ2) is 17.9. The number of esters is 1. The quantitative estimate of drug-likeness (QED) is 0.0968. The topological polar surface area (TPSA) is 116 Å². The first-order chi connectivity index (χ1) is 17.7. The number of nitrogens with zero attached hydrogens (tertiary/aromatic N) is 1. The molecule has 0 aliphatic carbocycles. The highest BCUT2D eigenvalue weighted by Crippen LogP contribution is 2.39. The summed E-state index contributed by atoms with van der Waals surface area (Å²) >= 11 is 0. The number of nitro groups is 1. The molecule has 1 saturated heterocycles. The Morgan fingerprint density at radius 1 is 0.973 bits per heavy atom. The molecule has 0 amide bonds. The summed E-state index contributed by atoms with van der Waals surface area (Å²) in [5.74, 6) is -5.15. The van der Waals surface area contributed by atoms with Crippen molar-refractivity contribution in [3.8, 4) is 0 Å². The van der Waals surface area contributed by atoms with Gasteiger partial charge in [-0.15, -0.1) is 0 Å². The normalized spacial score (nSPS) is 25.1. The molecule has 0 aromatic heterocycles. The molecule has 0 saturated carbocycles. The lowest BCUT2D eigenvalue weighted by Crippen LogP contribution is -2.65. The van der Waals surface area contributed by atoms with E-state index in [2.05, 4.69) is 4.74 Å². The molecule has 0 aromatic rings. The lowest BCUT2D eigenvalue weighted by atomic mass is 9.89. The Morgan fingerprint density at radius 2 is 1.54 bits per heavy atom. The maximum Gasteiger partial charge on any atom is 0.381 e. The van der Waals surface area contributed by atoms with Gasteiger partial charge in [0.1, 0.15) is 24.4 Å². The third-order valence-electron chi connectivity index (χ3n) is 6.14. The minimum absolute atomic E-state index is 0.0238. The molecule has 1 heterocycles. The highest BCUT2D eigenvalue weighted by Gasteiger charge is 2.59. The van der Waals surface area contributed by atoms with Crippen LogP contribution in [-0.4, -0.2) is 93.5 Å². The van der Waals surface area contributed by atoms with E-state index in [1.165, 1.54) is 14.0 Å². The summed E-state index contributed by atoms with van der Waals surface area (Å²) in [6.07, 6.45) is -2.44. The molecule has 0 spiro atoms. The summed E-state index contributed by atoms with van der Waals surface area (Å²) in [5, 5.41) is 11.5. The molecule has 0 aromatic carbocycles. The van der Waals surface area contributed by atoms with E-state index < -0.39 is 59.8 Å². The molecule has 10 nitrogen and oxygen atoms in total. The Balaban J connectivity index is 3.32. The van der Waals surface area contributed by atoms with Gasteiger partial charge in [0.2, 0.25) is 0 Å². The maximum absolute atomic E-state index is 15.7. The van der Waals surface area contributed by atoms with Gasteiger partial charge in [-0.2, -0.15) is 0 Å². The average Bonchev–Trinajstić information content (AvgIpc) is 2.86. The van der Waals surface area contributed by atoms with Crippen molar-refractivity contribution in [3.05, 3.63) is 10.1 Å². The van der Waals surface area contributed by atoms with Crippen molar-refractivity contribution in [1.29, 1.82) is 0 Å². The van der Waals surface area contributed by atoms with E-state index in [-0.39, 0.29) is 19.8 Å². The van der Waals surface area contributed by atoms with Gasteiger partial charge < -0.3 is 28.4 Å². The summed E-state index contributed by atoms with van der Waals surface area (Å²) in [6.45, 7) is 8.31. The molecule has 0 N–H and O–H groups in total. The van der Waals surface area contributed by atoms with Crippen LogP contribution in [-0.2, 0) is 33.2 Å². The minimum Gasteiger partial charge on any atom is -0.461 e. The first-order valence-corrected chi connectivity index (χ1v) is 13.3. The van der Waals surface area contributed by atoms with Gasteiger partial charge in [0.15, 0.2) is 6.10 Å². The smallest absolute Gasteiger partial charge is 0.381 e. The number of hydrogen-bond acceptors (Lipinski definition) is 9. The third kappa shape index (κ3) is 10.7. The summed E-state index contributed by atoms with van der Waals surface area (Å²) in [6, 6.07) is -2.26. The number of hydrogen-bond donors (Lipinski definition) is 0. The molecule has 12 heteroatoms. The van der Waals surface area contributed by atoms with E-state index in [9.17, 15) is 14.9 Å². The van der Waals surface area contributed by atoms with Crippen LogP contribution >= 0.6 is 0 Å². The van der Waals surface area contributed by atoms with Crippen LogP contribution in [0.4, 0.5) is 8.78 Å². The Bertz CT molecular complexity index is 656. The van der Waals surface area contributed by atoms with Crippen LogP contribution in [0.1, 0.15) is 72.6 Å². The Hall–Kier alpha value is -1.47. The van der Waals surface area contributed by atoms with Gasteiger partial charge in [0.05, 0.1) is 19.6 Å². The average molecular weight is 542 g/mol. The largest absolute Gasteiger partial charge is 0.461 e. The zero-order chi connectivity index (χ0) is 27.8.